The highest BCUT2D eigenvalue weighted by Crippen LogP contribution is 2.30. The van der Waals surface area contributed by atoms with Crippen molar-refractivity contribution in [3.8, 4) is 0 Å². The Kier molecular flexibility index (Phi) is 4.33. The standard InChI is InChI=1S/C18H14N4O3S2/c1-21-15(23)11(16(24)22(2)18(21)26)9-10-7-8-14(25-10)27-17-19-12-5-3-4-6-13(12)20-17/h3-9H,1-2H3,(H,19,20). The fourth-order valence-corrected chi connectivity index (χ4v) is 3.59. The first kappa shape index (κ1) is 17.5. The number of hydrogen-bond acceptors (Lipinski definition) is 6. The van der Waals surface area contributed by atoms with Crippen LogP contribution in [0.4, 0.5) is 0 Å². The molecule has 136 valence electrons. The number of hydrogen-bond donors (Lipinski definition) is 1. The van der Waals surface area contributed by atoms with Crippen molar-refractivity contribution >= 4 is 58.0 Å². The summed E-state index contributed by atoms with van der Waals surface area (Å²) in [6.45, 7) is 0. The first-order valence-corrected chi connectivity index (χ1v) is 9.21. The van der Waals surface area contributed by atoms with Crippen molar-refractivity contribution in [2.24, 2.45) is 0 Å². The minimum atomic E-state index is -0.453. The number of rotatable bonds is 3. The van der Waals surface area contributed by atoms with E-state index >= 15 is 0 Å². The van der Waals surface area contributed by atoms with Gasteiger partial charge in [-0.1, -0.05) is 12.1 Å². The molecule has 3 aromatic rings. The molecule has 1 N–H and O–H groups in total. The number of carbonyl (C=O) groups excluding carboxylic acids is 2. The van der Waals surface area contributed by atoms with Crippen LogP contribution in [0.15, 0.2) is 56.6 Å². The third-order valence-electron chi connectivity index (χ3n) is 4.10. The number of imidazole rings is 1. The molecule has 0 radical (unpaired) electrons. The van der Waals surface area contributed by atoms with Gasteiger partial charge in [-0.15, -0.1) is 0 Å². The lowest BCUT2D eigenvalue weighted by Gasteiger charge is -2.31. The molecule has 7 nitrogen and oxygen atoms in total. The van der Waals surface area contributed by atoms with Crippen LogP contribution in [-0.4, -0.2) is 50.8 Å². The minimum Gasteiger partial charge on any atom is -0.450 e. The van der Waals surface area contributed by atoms with Crippen molar-refractivity contribution in [1.82, 2.24) is 19.8 Å². The number of H-pyrrole nitrogens is 1. The van der Waals surface area contributed by atoms with Gasteiger partial charge in [0.15, 0.2) is 15.4 Å². The number of amides is 2. The number of likely N-dealkylation sites (N-methyl/N-ethyl adjacent to an activating group) is 2. The van der Waals surface area contributed by atoms with Crippen LogP contribution < -0.4 is 0 Å². The third-order valence-corrected chi connectivity index (χ3v) is 5.45. The van der Waals surface area contributed by atoms with Crippen molar-refractivity contribution < 1.29 is 14.0 Å². The number of nitrogens with zero attached hydrogens (tertiary/aromatic N) is 3. The maximum atomic E-state index is 12.4. The molecule has 1 aromatic carbocycles. The number of furan rings is 1. The van der Waals surface area contributed by atoms with E-state index < -0.39 is 11.8 Å². The number of benzene rings is 1. The molecule has 0 aliphatic carbocycles. The fourth-order valence-electron chi connectivity index (χ4n) is 2.66. The monoisotopic (exact) mass is 398 g/mol. The molecule has 4 rings (SSSR count). The van der Waals surface area contributed by atoms with Crippen molar-refractivity contribution in [2.45, 2.75) is 10.2 Å². The van der Waals surface area contributed by atoms with Gasteiger partial charge in [-0.05, 0) is 54.3 Å². The van der Waals surface area contributed by atoms with Gasteiger partial charge in [0.1, 0.15) is 11.3 Å². The summed E-state index contributed by atoms with van der Waals surface area (Å²) in [7, 11) is 3.07. The van der Waals surface area contributed by atoms with E-state index in [1.165, 1.54) is 41.7 Å². The van der Waals surface area contributed by atoms with Gasteiger partial charge in [-0.3, -0.25) is 19.4 Å². The van der Waals surface area contributed by atoms with Crippen LogP contribution in [0.5, 0.6) is 0 Å². The van der Waals surface area contributed by atoms with Crippen LogP contribution in [0.25, 0.3) is 17.1 Å². The first-order chi connectivity index (χ1) is 12.9. The van der Waals surface area contributed by atoms with Crippen LogP contribution in [0, 0.1) is 0 Å². The van der Waals surface area contributed by atoms with Gasteiger partial charge in [-0.2, -0.15) is 0 Å². The predicted octanol–water partition coefficient (Wildman–Crippen LogP) is 2.91. The molecule has 1 aliphatic rings. The molecule has 1 saturated heterocycles. The second-order valence-electron chi connectivity index (χ2n) is 5.89. The van der Waals surface area contributed by atoms with Crippen LogP contribution in [0.1, 0.15) is 5.76 Å². The summed E-state index contributed by atoms with van der Waals surface area (Å²) >= 11 is 6.40. The smallest absolute Gasteiger partial charge is 0.265 e. The quantitative estimate of drug-likeness (QED) is 0.415. The minimum absolute atomic E-state index is 0.00300. The second-order valence-corrected chi connectivity index (χ2v) is 7.25. The Balaban J connectivity index is 1.58. The van der Waals surface area contributed by atoms with Gasteiger partial charge in [0, 0.05) is 14.1 Å². The molecule has 0 unspecified atom stereocenters. The zero-order valence-corrected chi connectivity index (χ0v) is 16.1. The number of aromatic nitrogens is 2. The molecule has 2 amide bonds. The van der Waals surface area contributed by atoms with Gasteiger partial charge in [0.2, 0.25) is 0 Å². The molecule has 2 aromatic heterocycles. The van der Waals surface area contributed by atoms with Crippen LogP contribution in [0.3, 0.4) is 0 Å². The van der Waals surface area contributed by atoms with E-state index in [-0.39, 0.29) is 10.7 Å². The van der Waals surface area contributed by atoms with Gasteiger partial charge in [0.05, 0.1) is 11.0 Å². The molecule has 9 heteroatoms. The average Bonchev–Trinajstić information content (AvgIpc) is 3.28. The van der Waals surface area contributed by atoms with Crippen LogP contribution >= 0.6 is 24.0 Å². The number of nitrogens with one attached hydrogen (secondary N) is 1. The van der Waals surface area contributed by atoms with E-state index in [4.69, 9.17) is 16.6 Å². The highest BCUT2D eigenvalue weighted by Gasteiger charge is 2.35. The Hall–Kier alpha value is -2.91. The van der Waals surface area contributed by atoms with E-state index in [1.54, 1.807) is 12.1 Å². The first-order valence-electron chi connectivity index (χ1n) is 7.98. The Morgan fingerprint density at radius 3 is 2.52 bits per heavy atom. The van der Waals surface area contributed by atoms with E-state index in [0.717, 1.165) is 11.0 Å². The SMILES string of the molecule is CN1C(=O)C(=Cc2ccc(Sc3nc4ccccc4[nH]3)o2)C(=O)N(C)C1=S. The molecule has 0 atom stereocenters. The van der Waals surface area contributed by atoms with Gasteiger partial charge < -0.3 is 9.40 Å². The normalized spacial score (nSPS) is 15.2. The zero-order chi connectivity index (χ0) is 19.1. The average molecular weight is 398 g/mol. The molecule has 1 aliphatic heterocycles. The van der Waals surface area contributed by atoms with Crippen molar-refractivity contribution in [2.75, 3.05) is 14.1 Å². The molecule has 3 heterocycles. The van der Waals surface area contributed by atoms with Gasteiger partial charge in [0.25, 0.3) is 11.8 Å². The Labute approximate surface area is 164 Å². The summed E-state index contributed by atoms with van der Waals surface area (Å²) in [5.74, 6) is -0.503. The Morgan fingerprint density at radius 1 is 1.11 bits per heavy atom. The van der Waals surface area contributed by atoms with Crippen LogP contribution in [-0.2, 0) is 9.59 Å². The maximum absolute atomic E-state index is 12.4. The van der Waals surface area contributed by atoms with E-state index in [9.17, 15) is 9.59 Å². The second kappa shape index (κ2) is 6.67. The summed E-state index contributed by atoms with van der Waals surface area (Å²) in [5, 5.41) is 1.45. The van der Waals surface area contributed by atoms with Gasteiger partial charge in [-0.25, -0.2) is 4.98 Å². The molecule has 0 saturated carbocycles. The van der Waals surface area contributed by atoms with E-state index in [2.05, 4.69) is 9.97 Å². The lowest BCUT2D eigenvalue weighted by molar-refractivity contribution is -0.132. The van der Waals surface area contributed by atoms with Crippen molar-refractivity contribution in [3.63, 3.8) is 0 Å². The Morgan fingerprint density at radius 2 is 1.81 bits per heavy atom. The van der Waals surface area contributed by atoms with E-state index in [1.807, 2.05) is 24.3 Å². The zero-order valence-electron chi connectivity index (χ0n) is 14.4. The van der Waals surface area contributed by atoms with E-state index in [0.29, 0.717) is 16.0 Å². The van der Waals surface area contributed by atoms with Crippen molar-refractivity contribution in [3.05, 3.63) is 47.7 Å². The van der Waals surface area contributed by atoms with Crippen LogP contribution in [0.2, 0.25) is 0 Å². The summed E-state index contributed by atoms with van der Waals surface area (Å²) in [6, 6.07) is 11.2. The Bertz CT molecular complexity index is 1060. The summed E-state index contributed by atoms with van der Waals surface area (Å²) in [4.78, 5) is 34.9. The fraction of sp³-hybridized carbons (Fsp3) is 0.111. The molecule has 0 spiro atoms. The summed E-state index contributed by atoms with van der Waals surface area (Å²) in [5.41, 5.74) is 1.81. The number of carbonyl (C=O) groups is 2. The summed E-state index contributed by atoms with van der Waals surface area (Å²) in [6.07, 6.45) is 1.43. The topological polar surface area (TPSA) is 82.4 Å². The number of aromatic amines is 1. The molecule has 0 bridgehead atoms. The number of para-hydroxylation sites is 2. The summed E-state index contributed by atoms with van der Waals surface area (Å²) < 4.78 is 5.73. The highest BCUT2D eigenvalue weighted by molar-refractivity contribution is 7.99. The van der Waals surface area contributed by atoms with Gasteiger partial charge >= 0.3 is 0 Å². The van der Waals surface area contributed by atoms with Crippen molar-refractivity contribution in [1.29, 1.82) is 0 Å². The maximum Gasteiger partial charge on any atom is 0.265 e. The number of thiocarbonyl (C=S) groups is 1. The predicted molar refractivity (Wildman–Crippen MR) is 105 cm³/mol. The molecule has 1 fully saturated rings. The molecular weight excluding hydrogens is 384 g/mol. The molecular formula is C18H14N4O3S2. The largest absolute Gasteiger partial charge is 0.450 e. The number of fused-ring (bicyclic) bond motifs is 1. The molecule has 27 heavy (non-hydrogen) atoms. The third kappa shape index (κ3) is 3.15. The highest BCUT2D eigenvalue weighted by atomic mass is 32.2. The lowest BCUT2D eigenvalue weighted by atomic mass is 10.1. The lowest BCUT2D eigenvalue weighted by Crippen LogP contribution is -2.52.